The molecule has 4 heteroatoms. The van der Waals surface area contributed by atoms with Gasteiger partial charge in [0.05, 0.1) is 5.92 Å². The van der Waals surface area contributed by atoms with E-state index in [4.69, 9.17) is 0 Å². The van der Waals surface area contributed by atoms with Crippen LogP contribution in [0.15, 0.2) is 45.6 Å². The van der Waals surface area contributed by atoms with Gasteiger partial charge in [0.1, 0.15) is 0 Å². The van der Waals surface area contributed by atoms with E-state index in [1.54, 1.807) is 11.3 Å². The Bertz CT molecular complexity index is 491. The predicted octanol–water partition coefficient (Wildman–Crippen LogP) is 3.92. The third-order valence-corrected chi connectivity index (χ3v) is 3.85. The highest BCUT2D eigenvalue weighted by Crippen LogP contribution is 2.24. The third kappa shape index (κ3) is 3.17. The van der Waals surface area contributed by atoms with Crippen LogP contribution in [0.1, 0.15) is 17.0 Å². The van der Waals surface area contributed by atoms with E-state index in [1.807, 2.05) is 41.1 Å². The van der Waals surface area contributed by atoms with Crippen LogP contribution in [0.3, 0.4) is 0 Å². The largest absolute Gasteiger partial charge is 0.481 e. The molecule has 1 unspecified atom stereocenters. The van der Waals surface area contributed by atoms with Gasteiger partial charge in [-0.2, -0.15) is 11.3 Å². The Labute approximate surface area is 112 Å². The van der Waals surface area contributed by atoms with Gasteiger partial charge in [-0.25, -0.2) is 0 Å². The Morgan fingerprint density at radius 3 is 2.53 bits per heavy atom. The number of halogens is 1. The Balaban J connectivity index is 2.23. The van der Waals surface area contributed by atoms with Crippen LogP contribution in [0.5, 0.6) is 0 Å². The second-order valence-electron chi connectivity index (χ2n) is 3.78. The summed E-state index contributed by atoms with van der Waals surface area (Å²) in [6.07, 6.45) is 0.542. The van der Waals surface area contributed by atoms with Crippen LogP contribution in [0, 0.1) is 0 Å². The summed E-state index contributed by atoms with van der Waals surface area (Å²) in [4.78, 5) is 11.3. The molecule has 0 aliphatic rings. The lowest BCUT2D eigenvalue weighted by atomic mass is 9.93. The SMILES string of the molecule is O=C(O)C(Cc1ccsc1)c1ccc(Br)cc1. The van der Waals surface area contributed by atoms with Gasteiger partial charge < -0.3 is 5.11 Å². The number of carbonyl (C=O) groups is 1. The van der Waals surface area contributed by atoms with Crippen molar-refractivity contribution in [3.63, 3.8) is 0 Å². The van der Waals surface area contributed by atoms with Crippen molar-refractivity contribution in [3.05, 3.63) is 56.7 Å². The molecule has 1 aromatic heterocycles. The molecule has 0 amide bonds. The average Bonchev–Trinajstić information content (AvgIpc) is 2.80. The monoisotopic (exact) mass is 310 g/mol. The summed E-state index contributed by atoms with van der Waals surface area (Å²) >= 11 is 4.94. The molecule has 1 N–H and O–H groups in total. The molecule has 88 valence electrons. The summed E-state index contributed by atoms with van der Waals surface area (Å²) in [7, 11) is 0. The van der Waals surface area contributed by atoms with Crippen molar-refractivity contribution < 1.29 is 9.90 Å². The Kier molecular flexibility index (Phi) is 3.97. The molecule has 0 bridgehead atoms. The number of rotatable bonds is 4. The lowest BCUT2D eigenvalue weighted by molar-refractivity contribution is -0.138. The van der Waals surface area contributed by atoms with E-state index >= 15 is 0 Å². The summed E-state index contributed by atoms with van der Waals surface area (Å²) in [6, 6.07) is 9.43. The topological polar surface area (TPSA) is 37.3 Å². The van der Waals surface area contributed by atoms with Gasteiger partial charge in [0.2, 0.25) is 0 Å². The van der Waals surface area contributed by atoms with Gasteiger partial charge in [-0.15, -0.1) is 0 Å². The van der Waals surface area contributed by atoms with E-state index in [-0.39, 0.29) is 0 Å². The smallest absolute Gasteiger partial charge is 0.311 e. The predicted molar refractivity (Wildman–Crippen MR) is 72.5 cm³/mol. The first-order valence-corrected chi connectivity index (χ1v) is 6.90. The fourth-order valence-electron chi connectivity index (χ4n) is 1.69. The van der Waals surface area contributed by atoms with E-state index in [1.165, 1.54) is 0 Å². The summed E-state index contributed by atoms with van der Waals surface area (Å²) in [5.74, 6) is -1.25. The highest BCUT2D eigenvalue weighted by Gasteiger charge is 2.20. The Morgan fingerprint density at radius 1 is 1.29 bits per heavy atom. The molecule has 0 saturated carbocycles. The molecular formula is C13H11BrO2S. The molecule has 2 rings (SSSR count). The highest BCUT2D eigenvalue weighted by atomic mass is 79.9. The van der Waals surface area contributed by atoms with Gasteiger partial charge in [-0.1, -0.05) is 28.1 Å². The van der Waals surface area contributed by atoms with Gasteiger partial charge in [-0.05, 0) is 46.5 Å². The van der Waals surface area contributed by atoms with Crippen LogP contribution in [-0.2, 0) is 11.2 Å². The van der Waals surface area contributed by atoms with Crippen molar-refractivity contribution in [2.45, 2.75) is 12.3 Å². The molecule has 1 atom stereocenters. The maximum atomic E-state index is 11.3. The lowest BCUT2D eigenvalue weighted by Crippen LogP contribution is -2.14. The number of thiophene rings is 1. The first-order valence-electron chi connectivity index (χ1n) is 5.16. The first kappa shape index (κ1) is 12.3. The average molecular weight is 311 g/mol. The quantitative estimate of drug-likeness (QED) is 0.929. The summed E-state index contributed by atoms with van der Waals surface area (Å²) < 4.78 is 0.959. The minimum atomic E-state index is -0.779. The number of benzene rings is 1. The van der Waals surface area contributed by atoms with Gasteiger partial charge in [-0.3, -0.25) is 4.79 Å². The van der Waals surface area contributed by atoms with Crippen LogP contribution in [0.4, 0.5) is 0 Å². The molecule has 0 spiro atoms. The number of hydrogen-bond donors (Lipinski definition) is 1. The molecule has 0 radical (unpaired) electrons. The maximum Gasteiger partial charge on any atom is 0.311 e. The van der Waals surface area contributed by atoms with E-state index in [2.05, 4.69) is 15.9 Å². The number of aliphatic carboxylic acids is 1. The zero-order chi connectivity index (χ0) is 12.3. The van der Waals surface area contributed by atoms with Crippen molar-refractivity contribution in [2.75, 3.05) is 0 Å². The van der Waals surface area contributed by atoms with Crippen LogP contribution >= 0.6 is 27.3 Å². The van der Waals surface area contributed by atoms with Crippen molar-refractivity contribution >= 4 is 33.2 Å². The van der Waals surface area contributed by atoms with Gasteiger partial charge in [0.25, 0.3) is 0 Å². The summed E-state index contributed by atoms with van der Waals surface area (Å²) in [5.41, 5.74) is 1.91. The highest BCUT2D eigenvalue weighted by molar-refractivity contribution is 9.10. The van der Waals surface area contributed by atoms with E-state index in [0.717, 1.165) is 15.6 Å². The molecule has 17 heavy (non-hydrogen) atoms. The van der Waals surface area contributed by atoms with Crippen molar-refractivity contribution in [1.29, 1.82) is 0 Å². The van der Waals surface area contributed by atoms with Crippen molar-refractivity contribution in [3.8, 4) is 0 Å². The third-order valence-electron chi connectivity index (χ3n) is 2.59. The van der Waals surface area contributed by atoms with Crippen LogP contribution in [0.25, 0.3) is 0 Å². The van der Waals surface area contributed by atoms with Crippen LogP contribution in [0.2, 0.25) is 0 Å². The fourth-order valence-corrected chi connectivity index (χ4v) is 2.63. The number of carboxylic acid groups (broad SMARTS) is 1. The van der Waals surface area contributed by atoms with Gasteiger partial charge in [0.15, 0.2) is 0 Å². The molecule has 1 heterocycles. The van der Waals surface area contributed by atoms with Gasteiger partial charge in [0, 0.05) is 4.47 Å². The molecule has 0 saturated heterocycles. The lowest BCUT2D eigenvalue weighted by Gasteiger charge is -2.11. The van der Waals surface area contributed by atoms with E-state index in [9.17, 15) is 9.90 Å². The molecule has 0 fully saturated rings. The second-order valence-corrected chi connectivity index (χ2v) is 5.47. The molecular weight excluding hydrogens is 300 g/mol. The maximum absolute atomic E-state index is 11.3. The second kappa shape index (κ2) is 5.47. The molecule has 2 aromatic rings. The zero-order valence-electron chi connectivity index (χ0n) is 8.97. The van der Waals surface area contributed by atoms with E-state index in [0.29, 0.717) is 6.42 Å². The summed E-state index contributed by atoms with van der Waals surface area (Å²) in [5, 5.41) is 13.2. The van der Waals surface area contributed by atoms with Crippen molar-refractivity contribution in [1.82, 2.24) is 0 Å². The molecule has 1 aromatic carbocycles. The molecule has 0 aliphatic heterocycles. The Morgan fingerprint density at radius 2 is 2.00 bits per heavy atom. The zero-order valence-corrected chi connectivity index (χ0v) is 11.4. The van der Waals surface area contributed by atoms with Crippen LogP contribution in [-0.4, -0.2) is 11.1 Å². The summed E-state index contributed by atoms with van der Waals surface area (Å²) in [6.45, 7) is 0. The van der Waals surface area contributed by atoms with Crippen molar-refractivity contribution in [2.24, 2.45) is 0 Å². The van der Waals surface area contributed by atoms with Crippen LogP contribution < -0.4 is 0 Å². The number of hydrogen-bond acceptors (Lipinski definition) is 2. The fraction of sp³-hybridized carbons (Fsp3) is 0.154. The minimum absolute atomic E-state index is 0.474. The standard InChI is InChI=1S/C13H11BrO2S/c14-11-3-1-10(2-4-11)12(13(15)16)7-9-5-6-17-8-9/h1-6,8,12H,7H2,(H,15,16). The first-order chi connectivity index (χ1) is 8.16. The number of carboxylic acids is 1. The normalized spacial score (nSPS) is 12.3. The molecule has 2 nitrogen and oxygen atoms in total. The minimum Gasteiger partial charge on any atom is -0.481 e. The Hall–Kier alpha value is -1.13. The van der Waals surface area contributed by atoms with Gasteiger partial charge >= 0.3 is 5.97 Å². The van der Waals surface area contributed by atoms with E-state index < -0.39 is 11.9 Å². The molecule has 0 aliphatic carbocycles.